The van der Waals surface area contributed by atoms with Crippen molar-refractivity contribution in [3.05, 3.63) is 35.9 Å². The molecule has 0 bridgehead atoms. The third kappa shape index (κ3) is 6.42. The molecule has 1 aliphatic heterocycles. The van der Waals surface area contributed by atoms with Gasteiger partial charge < -0.3 is 20.5 Å². The van der Waals surface area contributed by atoms with E-state index in [9.17, 15) is 0 Å². The molecule has 0 amide bonds. The van der Waals surface area contributed by atoms with E-state index in [1.165, 1.54) is 31.2 Å². The van der Waals surface area contributed by atoms with Crippen molar-refractivity contribution < 1.29 is 9.47 Å². The van der Waals surface area contributed by atoms with Crippen molar-refractivity contribution in [2.75, 3.05) is 19.7 Å². The van der Waals surface area contributed by atoms with Gasteiger partial charge in [-0.1, -0.05) is 43.2 Å². The Morgan fingerprint density at radius 1 is 1.16 bits per heavy atom. The minimum absolute atomic E-state index is 0. The van der Waals surface area contributed by atoms with Gasteiger partial charge in [0.05, 0.1) is 13.2 Å². The molecule has 1 spiro atoms. The van der Waals surface area contributed by atoms with E-state index < -0.39 is 0 Å². The van der Waals surface area contributed by atoms with Crippen molar-refractivity contribution in [3.8, 4) is 0 Å². The Morgan fingerprint density at radius 3 is 2.60 bits per heavy atom. The average Bonchev–Trinajstić information content (AvgIpc) is 2.85. The largest absolute Gasteiger partial charge is 0.370 e. The number of nitrogens with two attached hydrogens (primary N) is 1. The number of nitrogens with one attached hydrogen (secondary N) is 1. The fourth-order valence-electron chi connectivity index (χ4n) is 3.47. The smallest absolute Gasteiger partial charge is 0.188 e. The predicted octanol–water partition coefficient (Wildman–Crippen LogP) is 3.22. The highest BCUT2D eigenvalue weighted by Gasteiger charge is 2.41. The molecule has 2 fully saturated rings. The number of benzene rings is 1. The lowest BCUT2D eigenvalue weighted by molar-refractivity contribution is -0.174. The second kappa shape index (κ2) is 10.3. The molecule has 3 N–H and O–H groups in total. The number of hydrogen-bond acceptors (Lipinski definition) is 3. The minimum Gasteiger partial charge on any atom is -0.370 e. The number of ether oxygens (including phenoxy) is 2. The van der Waals surface area contributed by atoms with Crippen LogP contribution in [0.4, 0.5) is 0 Å². The van der Waals surface area contributed by atoms with Gasteiger partial charge in [-0.05, 0) is 24.8 Å². The van der Waals surface area contributed by atoms with E-state index >= 15 is 0 Å². The number of nitrogens with zero attached hydrogens (tertiary/aromatic N) is 1. The van der Waals surface area contributed by atoms with E-state index in [-0.39, 0.29) is 35.9 Å². The normalized spacial score (nSPS) is 23.0. The molecular formula is C19H30IN3O2. The van der Waals surface area contributed by atoms with Gasteiger partial charge in [0, 0.05) is 19.4 Å². The summed E-state index contributed by atoms with van der Waals surface area (Å²) in [6, 6.07) is 10.4. The fraction of sp³-hybridized carbons (Fsp3) is 0.632. The van der Waals surface area contributed by atoms with E-state index in [1.807, 2.05) is 18.2 Å². The maximum atomic E-state index is 6.18. The second-order valence-electron chi connectivity index (χ2n) is 6.76. The molecule has 3 rings (SSSR count). The van der Waals surface area contributed by atoms with E-state index in [0.717, 1.165) is 25.8 Å². The molecule has 1 atom stereocenters. The summed E-state index contributed by atoms with van der Waals surface area (Å²) in [4.78, 5) is 4.42. The Bertz CT molecular complexity index is 531. The van der Waals surface area contributed by atoms with Crippen LogP contribution in [0.5, 0.6) is 0 Å². The highest BCUT2D eigenvalue weighted by molar-refractivity contribution is 14.0. The summed E-state index contributed by atoms with van der Waals surface area (Å²) in [5.41, 5.74) is 7.25. The Morgan fingerprint density at radius 2 is 1.88 bits per heavy atom. The SMILES string of the molecule is I.NC(=NCC1COC2(CCCCCC2)O1)NCCc1ccccc1. The summed E-state index contributed by atoms with van der Waals surface area (Å²) in [6.07, 6.45) is 7.94. The van der Waals surface area contributed by atoms with Crippen LogP contribution in [-0.2, 0) is 15.9 Å². The summed E-state index contributed by atoms with van der Waals surface area (Å²) in [7, 11) is 0. The summed E-state index contributed by atoms with van der Waals surface area (Å²) in [5.74, 6) is 0.142. The van der Waals surface area contributed by atoms with Crippen LogP contribution in [0.2, 0.25) is 0 Å². The van der Waals surface area contributed by atoms with Crippen molar-refractivity contribution in [1.82, 2.24) is 5.32 Å². The van der Waals surface area contributed by atoms with Crippen LogP contribution in [0, 0.1) is 0 Å². The van der Waals surface area contributed by atoms with E-state index in [4.69, 9.17) is 15.2 Å². The van der Waals surface area contributed by atoms with Gasteiger partial charge in [0.2, 0.25) is 0 Å². The number of hydrogen-bond donors (Lipinski definition) is 2. The van der Waals surface area contributed by atoms with Crippen LogP contribution in [0.25, 0.3) is 0 Å². The molecule has 1 saturated carbocycles. The van der Waals surface area contributed by atoms with E-state index in [0.29, 0.717) is 19.1 Å². The van der Waals surface area contributed by atoms with Crippen LogP contribution in [0.15, 0.2) is 35.3 Å². The first-order valence-electron chi connectivity index (χ1n) is 9.15. The molecule has 25 heavy (non-hydrogen) atoms. The number of halogens is 1. The van der Waals surface area contributed by atoms with Crippen LogP contribution in [0.1, 0.15) is 44.1 Å². The molecule has 6 heteroatoms. The van der Waals surface area contributed by atoms with Gasteiger partial charge in [-0.25, -0.2) is 0 Å². The van der Waals surface area contributed by atoms with Crippen molar-refractivity contribution in [2.45, 2.75) is 56.8 Å². The topological polar surface area (TPSA) is 68.9 Å². The molecule has 140 valence electrons. The van der Waals surface area contributed by atoms with Crippen LogP contribution >= 0.6 is 24.0 Å². The zero-order valence-corrected chi connectivity index (χ0v) is 17.1. The number of rotatable bonds is 5. The Kier molecular flexibility index (Phi) is 8.45. The first-order valence-corrected chi connectivity index (χ1v) is 9.15. The molecule has 0 aromatic heterocycles. The Balaban J connectivity index is 0.00000225. The molecule has 1 unspecified atom stereocenters. The molecule has 2 aliphatic rings. The highest BCUT2D eigenvalue weighted by atomic mass is 127. The van der Waals surface area contributed by atoms with Gasteiger partial charge in [0.25, 0.3) is 0 Å². The van der Waals surface area contributed by atoms with Gasteiger partial charge in [0.1, 0.15) is 6.10 Å². The van der Waals surface area contributed by atoms with Crippen molar-refractivity contribution in [2.24, 2.45) is 10.7 Å². The maximum absolute atomic E-state index is 6.18. The highest BCUT2D eigenvalue weighted by Crippen LogP contribution is 2.36. The first-order chi connectivity index (χ1) is 11.8. The lowest BCUT2D eigenvalue weighted by atomic mass is 10.1. The molecule has 1 aromatic rings. The van der Waals surface area contributed by atoms with Gasteiger partial charge in [-0.15, -0.1) is 24.0 Å². The van der Waals surface area contributed by atoms with Crippen LogP contribution in [0.3, 0.4) is 0 Å². The third-order valence-electron chi connectivity index (χ3n) is 4.81. The third-order valence-corrected chi connectivity index (χ3v) is 4.81. The molecule has 0 radical (unpaired) electrons. The van der Waals surface area contributed by atoms with E-state index in [1.54, 1.807) is 0 Å². The second-order valence-corrected chi connectivity index (χ2v) is 6.76. The summed E-state index contributed by atoms with van der Waals surface area (Å²) in [6.45, 7) is 1.97. The molecular weight excluding hydrogens is 429 g/mol. The Hall–Kier alpha value is -0.860. The van der Waals surface area contributed by atoms with Crippen LogP contribution < -0.4 is 11.1 Å². The lowest BCUT2D eigenvalue weighted by Gasteiger charge is -2.26. The van der Waals surface area contributed by atoms with E-state index in [2.05, 4.69) is 22.4 Å². The number of guanidine groups is 1. The van der Waals surface area contributed by atoms with Crippen molar-refractivity contribution in [1.29, 1.82) is 0 Å². The minimum atomic E-state index is -0.341. The van der Waals surface area contributed by atoms with Gasteiger partial charge >= 0.3 is 0 Å². The summed E-state index contributed by atoms with van der Waals surface area (Å²) in [5, 5.41) is 3.17. The quantitative estimate of drug-likeness (QED) is 0.403. The lowest BCUT2D eigenvalue weighted by Crippen LogP contribution is -2.35. The van der Waals surface area contributed by atoms with Crippen molar-refractivity contribution >= 4 is 29.9 Å². The summed E-state index contributed by atoms with van der Waals surface area (Å²) < 4.78 is 12.2. The standard InChI is InChI=1S/C19H29N3O2.HI/c20-18(21-13-10-16-8-4-3-5-9-16)22-14-17-15-23-19(24-17)11-6-1-2-7-12-19;/h3-5,8-9,17H,1-2,6-7,10-15H2,(H3,20,21,22);1H. The molecule has 1 saturated heterocycles. The molecule has 1 aromatic carbocycles. The van der Waals surface area contributed by atoms with Crippen LogP contribution in [-0.4, -0.2) is 37.5 Å². The fourth-order valence-corrected chi connectivity index (χ4v) is 3.47. The predicted molar refractivity (Wildman–Crippen MR) is 111 cm³/mol. The van der Waals surface area contributed by atoms with Crippen molar-refractivity contribution in [3.63, 3.8) is 0 Å². The summed E-state index contributed by atoms with van der Waals surface area (Å²) >= 11 is 0. The average molecular weight is 459 g/mol. The van der Waals surface area contributed by atoms with Gasteiger partial charge in [-0.2, -0.15) is 0 Å². The monoisotopic (exact) mass is 459 g/mol. The maximum Gasteiger partial charge on any atom is 0.188 e. The first kappa shape index (κ1) is 20.5. The van der Waals surface area contributed by atoms with Gasteiger partial charge in [0.15, 0.2) is 11.7 Å². The molecule has 1 aliphatic carbocycles. The van der Waals surface area contributed by atoms with Gasteiger partial charge in [-0.3, -0.25) is 4.99 Å². The number of aliphatic imine (C=N–C) groups is 1. The molecule has 5 nitrogen and oxygen atoms in total. The zero-order chi connectivity index (χ0) is 16.7. The Labute approximate surface area is 167 Å². The zero-order valence-electron chi connectivity index (χ0n) is 14.8. The molecule has 1 heterocycles.